The molecule has 1 aliphatic carbocycles. The van der Waals surface area contributed by atoms with Gasteiger partial charge in [-0.25, -0.2) is 0 Å². The largest absolute Gasteiger partial charge is 0.491 e. The number of rotatable bonds is 5. The Balaban J connectivity index is 0.00000192. The third-order valence-electron chi connectivity index (χ3n) is 4.89. The first kappa shape index (κ1) is 18.1. The molecule has 1 unspecified atom stereocenters. The van der Waals surface area contributed by atoms with E-state index in [1.807, 2.05) is 38.1 Å². The molecule has 2 fully saturated rings. The van der Waals surface area contributed by atoms with Gasteiger partial charge >= 0.3 is 0 Å². The van der Waals surface area contributed by atoms with Crippen molar-refractivity contribution < 1.29 is 9.53 Å². The van der Waals surface area contributed by atoms with Gasteiger partial charge in [0.1, 0.15) is 5.75 Å². The summed E-state index contributed by atoms with van der Waals surface area (Å²) < 4.78 is 5.80. The zero-order valence-electron chi connectivity index (χ0n) is 13.9. The van der Waals surface area contributed by atoms with E-state index in [1.54, 1.807) is 0 Å². The molecule has 0 bridgehead atoms. The highest BCUT2D eigenvalue weighted by Gasteiger charge is 2.57. The van der Waals surface area contributed by atoms with Crippen LogP contribution in [0.4, 0.5) is 0 Å². The van der Waals surface area contributed by atoms with Gasteiger partial charge in [-0.2, -0.15) is 0 Å². The summed E-state index contributed by atoms with van der Waals surface area (Å²) in [5.74, 6) is 1.29. The maximum atomic E-state index is 12.4. The van der Waals surface area contributed by atoms with Gasteiger partial charge in [0.25, 0.3) is 0 Å². The molecule has 1 atom stereocenters. The lowest BCUT2D eigenvalue weighted by Gasteiger charge is -2.23. The van der Waals surface area contributed by atoms with Crippen LogP contribution in [-0.2, 0) is 11.3 Å². The average Bonchev–Trinajstić information content (AvgIpc) is 3.19. The first-order valence-corrected chi connectivity index (χ1v) is 8.34. The van der Waals surface area contributed by atoms with Crippen LogP contribution in [0.15, 0.2) is 24.3 Å². The van der Waals surface area contributed by atoms with Crippen LogP contribution in [0, 0.1) is 11.3 Å². The number of hydrogen-bond donors (Lipinski definition) is 2. The molecule has 1 spiro atoms. The second-order valence-electron chi connectivity index (χ2n) is 6.86. The molecule has 5 heteroatoms. The molecular weight excluding hydrogens is 312 g/mol. The molecule has 128 valence electrons. The highest BCUT2D eigenvalue weighted by molar-refractivity contribution is 5.85. The number of piperidine rings is 1. The minimum Gasteiger partial charge on any atom is -0.491 e. The van der Waals surface area contributed by atoms with Gasteiger partial charge in [-0.3, -0.25) is 4.79 Å². The number of amides is 1. The van der Waals surface area contributed by atoms with Crippen LogP contribution in [0.1, 0.15) is 38.7 Å². The first-order chi connectivity index (χ1) is 10.6. The van der Waals surface area contributed by atoms with E-state index in [0.29, 0.717) is 12.0 Å². The number of nitrogens with one attached hydrogen (secondary N) is 2. The van der Waals surface area contributed by atoms with Crippen LogP contribution >= 0.6 is 12.4 Å². The Morgan fingerprint density at radius 2 is 2.04 bits per heavy atom. The zero-order chi connectivity index (χ0) is 15.6. The van der Waals surface area contributed by atoms with Gasteiger partial charge in [0.05, 0.1) is 6.10 Å². The highest BCUT2D eigenvalue weighted by atomic mass is 35.5. The van der Waals surface area contributed by atoms with Crippen molar-refractivity contribution in [3.05, 3.63) is 29.8 Å². The van der Waals surface area contributed by atoms with Gasteiger partial charge in [-0.15, -0.1) is 12.4 Å². The molecular formula is C18H27ClN2O2. The van der Waals surface area contributed by atoms with Crippen molar-refractivity contribution in [1.82, 2.24) is 10.6 Å². The molecule has 1 aromatic carbocycles. The molecule has 1 heterocycles. The summed E-state index contributed by atoms with van der Waals surface area (Å²) in [6.45, 7) is 6.68. The lowest BCUT2D eigenvalue weighted by Crippen LogP contribution is -2.33. The number of halogens is 1. The molecule has 1 amide bonds. The lowest BCUT2D eigenvalue weighted by atomic mass is 9.92. The molecule has 2 N–H and O–H groups in total. The molecule has 1 saturated carbocycles. The summed E-state index contributed by atoms with van der Waals surface area (Å²) in [5, 5.41) is 6.48. The Labute approximate surface area is 144 Å². The Hall–Kier alpha value is -1.26. The molecule has 1 saturated heterocycles. The number of benzene rings is 1. The second kappa shape index (κ2) is 7.54. The predicted molar refractivity (Wildman–Crippen MR) is 93.9 cm³/mol. The van der Waals surface area contributed by atoms with Crippen molar-refractivity contribution in [3.63, 3.8) is 0 Å². The van der Waals surface area contributed by atoms with Gasteiger partial charge in [0, 0.05) is 18.0 Å². The van der Waals surface area contributed by atoms with Crippen LogP contribution in [-0.4, -0.2) is 25.1 Å². The minimum atomic E-state index is 0. The smallest absolute Gasteiger partial charge is 0.223 e. The number of para-hydroxylation sites is 1. The molecule has 1 aromatic rings. The summed E-state index contributed by atoms with van der Waals surface area (Å²) in [6.07, 6.45) is 3.47. The highest BCUT2D eigenvalue weighted by Crippen LogP contribution is 2.58. The third-order valence-corrected chi connectivity index (χ3v) is 4.89. The first-order valence-electron chi connectivity index (χ1n) is 8.34. The van der Waals surface area contributed by atoms with E-state index in [1.165, 1.54) is 0 Å². The van der Waals surface area contributed by atoms with Crippen molar-refractivity contribution >= 4 is 18.3 Å². The summed E-state index contributed by atoms with van der Waals surface area (Å²) in [6, 6.07) is 7.94. The maximum absolute atomic E-state index is 12.4. The molecule has 1 aliphatic heterocycles. The quantitative estimate of drug-likeness (QED) is 0.868. The van der Waals surface area contributed by atoms with Crippen molar-refractivity contribution in [2.75, 3.05) is 13.1 Å². The van der Waals surface area contributed by atoms with E-state index in [0.717, 1.165) is 43.7 Å². The Bertz CT molecular complexity index is 542. The molecule has 0 radical (unpaired) electrons. The predicted octanol–water partition coefficient (Wildman–Crippen LogP) is 2.90. The van der Waals surface area contributed by atoms with Gasteiger partial charge in [0.2, 0.25) is 5.91 Å². The van der Waals surface area contributed by atoms with Crippen molar-refractivity contribution in [1.29, 1.82) is 0 Å². The van der Waals surface area contributed by atoms with Crippen molar-refractivity contribution in [2.24, 2.45) is 11.3 Å². The van der Waals surface area contributed by atoms with E-state index in [2.05, 4.69) is 10.6 Å². The summed E-state index contributed by atoms with van der Waals surface area (Å²) in [4.78, 5) is 12.4. The number of ether oxygens (including phenoxy) is 1. The van der Waals surface area contributed by atoms with Crippen molar-refractivity contribution in [2.45, 2.75) is 45.8 Å². The maximum Gasteiger partial charge on any atom is 0.223 e. The number of carbonyl (C=O) groups is 1. The van der Waals surface area contributed by atoms with Gasteiger partial charge in [-0.1, -0.05) is 18.2 Å². The van der Waals surface area contributed by atoms with E-state index >= 15 is 0 Å². The van der Waals surface area contributed by atoms with Crippen LogP contribution in [0.3, 0.4) is 0 Å². The summed E-state index contributed by atoms with van der Waals surface area (Å²) in [7, 11) is 0. The monoisotopic (exact) mass is 338 g/mol. The fourth-order valence-corrected chi connectivity index (χ4v) is 3.52. The zero-order valence-corrected chi connectivity index (χ0v) is 14.7. The molecule has 23 heavy (non-hydrogen) atoms. The lowest BCUT2D eigenvalue weighted by molar-refractivity contribution is -0.123. The van der Waals surface area contributed by atoms with Crippen LogP contribution < -0.4 is 15.4 Å². The van der Waals surface area contributed by atoms with Crippen molar-refractivity contribution in [3.8, 4) is 5.75 Å². The molecule has 3 rings (SSSR count). The van der Waals surface area contributed by atoms with E-state index < -0.39 is 0 Å². The number of carbonyl (C=O) groups excluding carboxylic acids is 1. The van der Waals surface area contributed by atoms with E-state index in [4.69, 9.17) is 4.74 Å². The Morgan fingerprint density at radius 3 is 2.74 bits per heavy atom. The Kier molecular flexibility index (Phi) is 5.93. The SMILES string of the molecule is CC(C)Oc1ccccc1CNC(=O)C1CC12CCNCC2.Cl. The topological polar surface area (TPSA) is 50.4 Å². The van der Waals surface area contributed by atoms with Crippen LogP contribution in [0.5, 0.6) is 5.75 Å². The molecule has 4 nitrogen and oxygen atoms in total. The normalized spacial score (nSPS) is 21.6. The van der Waals surface area contributed by atoms with E-state index in [-0.39, 0.29) is 30.3 Å². The molecule has 2 aliphatic rings. The summed E-state index contributed by atoms with van der Waals surface area (Å²) in [5.41, 5.74) is 1.34. The average molecular weight is 339 g/mol. The fraction of sp³-hybridized carbons (Fsp3) is 0.611. The van der Waals surface area contributed by atoms with Crippen LogP contribution in [0.25, 0.3) is 0 Å². The Morgan fingerprint density at radius 1 is 1.35 bits per heavy atom. The van der Waals surface area contributed by atoms with Gasteiger partial charge < -0.3 is 15.4 Å². The van der Waals surface area contributed by atoms with Gasteiger partial charge in [0.15, 0.2) is 0 Å². The second-order valence-corrected chi connectivity index (χ2v) is 6.86. The minimum absolute atomic E-state index is 0. The summed E-state index contributed by atoms with van der Waals surface area (Å²) >= 11 is 0. The molecule has 0 aromatic heterocycles. The third kappa shape index (κ3) is 4.18. The standard InChI is InChI=1S/C18H26N2O2.ClH/c1-13(2)22-16-6-4-3-5-14(16)12-20-17(21)15-11-18(15)7-9-19-10-8-18;/h3-6,13,15,19H,7-12H2,1-2H3,(H,20,21);1H. The fourth-order valence-electron chi connectivity index (χ4n) is 3.52. The van der Waals surface area contributed by atoms with Crippen LogP contribution in [0.2, 0.25) is 0 Å². The number of hydrogen-bond acceptors (Lipinski definition) is 3. The van der Waals surface area contributed by atoms with Gasteiger partial charge in [-0.05, 0) is 57.7 Å². The van der Waals surface area contributed by atoms with E-state index in [9.17, 15) is 4.79 Å².